The van der Waals surface area contributed by atoms with Crippen LogP contribution in [0, 0.1) is 6.92 Å². The SMILES string of the molecule is CCc1ccc(Nc2cc(N(C)Cc3ccccc3)nc(C)n2)cc1. The number of nitrogens with zero attached hydrogens (tertiary/aromatic N) is 3. The van der Waals surface area contributed by atoms with E-state index in [0.29, 0.717) is 0 Å². The molecule has 0 bridgehead atoms. The van der Waals surface area contributed by atoms with Crippen LogP contribution in [0.5, 0.6) is 0 Å². The fraction of sp³-hybridized carbons (Fsp3) is 0.238. The maximum atomic E-state index is 4.57. The van der Waals surface area contributed by atoms with Crippen LogP contribution in [0.1, 0.15) is 23.9 Å². The zero-order valence-electron chi connectivity index (χ0n) is 15.0. The number of hydrogen-bond acceptors (Lipinski definition) is 4. The van der Waals surface area contributed by atoms with E-state index in [-0.39, 0.29) is 0 Å². The van der Waals surface area contributed by atoms with Gasteiger partial charge in [0.25, 0.3) is 0 Å². The van der Waals surface area contributed by atoms with Crippen molar-refractivity contribution in [3.8, 4) is 0 Å². The smallest absolute Gasteiger partial charge is 0.136 e. The lowest BCUT2D eigenvalue weighted by Crippen LogP contribution is -2.18. The summed E-state index contributed by atoms with van der Waals surface area (Å²) in [5, 5.41) is 3.38. The normalized spacial score (nSPS) is 10.5. The first-order valence-corrected chi connectivity index (χ1v) is 8.61. The molecule has 0 aliphatic carbocycles. The first-order chi connectivity index (χ1) is 12.1. The summed E-state index contributed by atoms with van der Waals surface area (Å²) in [5.41, 5.74) is 3.62. The maximum absolute atomic E-state index is 4.57. The lowest BCUT2D eigenvalue weighted by atomic mass is 10.1. The Hall–Kier alpha value is -2.88. The molecule has 0 aliphatic rings. The molecule has 0 aliphatic heterocycles. The van der Waals surface area contributed by atoms with Crippen molar-refractivity contribution in [2.45, 2.75) is 26.8 Å². The number of hydrogen-bond donors (Lipinski definition) is 1. The summed E-state index contributed by atoms with van der Waals surface area (Å²) in [4.78, 5) is 11.2. The quantitative estimate of drug-likeness (QED) is 0.708. The highest BCUT2D eigenvalue weighted by molar-refractivity contribution is 5.60. The van der Waals surface area contributed by atoms with Gasteiger partial charge >= 0.3 is 0 Å². The molecule has 0 radical (unpaired) electrons. The van der Waals surface area contributed by atoms with E-state index in [9.17, 15) is 0 Å². The van der Waals surface area contributed by atoms with Gasteiger partial charge < -0.3 is 10.2 Å². The van der Waals surface area contributed by atoms with Gasteiger partial charge in [0, 0.05) is 25.3 Å². The van der Waals surface area contributed by atoms with Crippen LogP contribution < -0.4 is 10.2 Å². The number of nitrogens with one attached hydrogen (secondary N) is 1. The van der Waals surface area contributed by atoms with Crippen LogP contribution in [-0.2, 0) is 13.0 Å². The Morgan fingerprint density at radius 1 is 0.920 bits per heavy atom. The minimum atomic E-state index is 0.755. The van der Waals surface area contributed by atoms with Crippen molar-refractivity contribution in [2.75, 3.05) is 17.3 Å². The second-order valence-electron chi connectivity index (χ2n) is 6.18. The van der Waals surface area contributed by atoms with E-state index >= 15 is 0 Å². The molecule has 0 spiro atoms. The van der Waals surface area contributed by atoms with Gasteiger partial charge in [0.05, 0.1) is 0 Å². The van der Waals surface area contributed by atoms with Gasteiger partial charge in [0.2, 0.25) is 0 Å². The standard InChI is InChI=1S/C21H24N4/c1-4-17-10-12-19(13-11-17)24-20-14-21(23-16(2)22-20)25(3)15-18-8-6-5-7-9-18/h5-14H,4,15H2,1-3H3,(H,22,23,24). The van der Waals surface area contributed by atoms with Crippen molar-refractivity contribution in [3.63, 3.8) is 0 Å². The number of anilines is 3. The van der Waals surface area contributed by atoms with Crippen LogP contribution in [-0.4, -0.2) is 17.0 Å². The predicted octanol–water partition coefficient (Wildman–Crippen LogP) is 4.73. The molecule has 0 amide bonds. The van der Waals surface area contributed by atoms with Crippen LogP contribution in [0.2, 0.25) is 0 Å². The van der Waals surface area contributed by atoms with Crippen molar-refractivity contribution in [2.24, 2.45) is 0 Å². The molecule has 3 rings (SSSR count). The van der Waals surface area contributed by atoms with E-state index in [0.717, 1.165) is 36.1 Å². The highest BCUT2D eigenvalue weighted by Gasteiger charge is 2.08. The van der Waals surface area contributed by atoms with Crippen LogP contribution in [0.4, 0.5) is 17.3 Å². The molecule has 0 saturated heterocycles. The van der Waals surface area contributed by atoms with E-state index in [1.807, 2.05) is 19.1 Å². The van der Waals surface area contributed by atoms with E-state index in [1.165, 1.54) is 11.1 Å². The van der Waals surface area contributed by atoms with Crippen molar-refractivity contribution >= 4 is 17.3 Å². The zero-order chi connectivity index (χ0) is 17.6. The van der Waals surface area contributed by atoms with E-state index < -0.39 is 0 Å². The highest BCUT2D eigenvalue weighted by atomic mass is 15.2. The molecule has 1 N–H and O–H groups in total. The molecular formula is C21H24N4. The lowest BCUT2D eigenvalue weighted by molar-refractivity contribution is 0.880. The Morgan fingerprint density at radius 3 is 2.32 bits per heavy atom. The fourth-order valence-corrected chi connectivity index (χ4v) is 2.72. The number of benzene rings is 2. The third-order valence-electron chi connectivity index (χ3n) is 4.11. The van der Waals surface area contributed by atoms with Crippen LogP contribution >= 0.6 is 0 Å². The average molecular weight is 332 g/mol. The topological polar surface area (TPSA) is 41.0 Å². The molecule has 0 atom stereocenters. The second kappa shape index (κ2) is 7.79. The summed E-state index contributed by atoms with van der Waals surface area (Å²) < 4.78 is 0. The first-order valence-electron chi connectivity index (χ1n) is 8.61. The van der Waals surface area contributed by atoms with Crippen LogP contribution in [0.3, 0.4) is 0 Å². The zero-order valence-corrected chi connectivity index (χ0v) is 15.0. The molecule has 1 heterocycles. The Kier molecular flexibility index (Phi) is 5.29. The van der Waals surface area contributed by atoms with Crippen molar-refractivity contribution in [3.05, 3.63) is 77.6 Å². The van der Waals surface area contributed by atoms with Crippen molar-refractivity contribution in [1.82, 2.24) is 9.97 Å². The lowest BCUT2D eigenvalue weighted by Gasteiger charge is -2.19. The third-order valence-corrected chi connectivity index (χ3v) is 4.11. The summed E-state index contributed by atoms with van der Waals surface area (Å²) in [6.07, 6.45) is 1.04. The molecule has 2 aromatic carbocycles. The predicted molar refractivity (Wildman–Crippen MR) is 104 cm³/mol. The van der Waals surface area contributed by atoms with Gasteiger partial charge in [-0.25, -0.2) is 9.97 Å². The van der Waals surface area contributed by atoms with Crippen LogP contribution in [0.15, 0.2) is 60.7 Å². The Morgan fingerprint density at radius 2 is 1.64 bits per heavy atom. The Bertz CT molecular complexity index is 813. The first kappa shape index (κ1) is 17.0. The minimum absolute atomic E-state index is 0.755. The molecule has 1 aromatic heterocycles. The Labute approximate surface area is 149 Å². The van der Waals surface area contributed by atoms with Crippen molar-refractivity contribution < 1.29 is 0 Å². The minimum Gasteiger partial charge on any atom is -0.355 e. The van der Waals surface area contributed by atoms with Crippen LogP contribution in [0.25, 0.3) is 0 Å². The number of aromatic nitrogens is 2. The number of aryl methyl sites for hydroxylation is 2. The molecule has 0 fully saturated rings. The highest BCUT2D eigenvalue weighted by Crippen LogP contribution is 2.21. The summed E-state index contributed by atoms with van der Waals surface area (Å²) in [7, 11) is 2.05. The van der Waals surface area contributed by atoms with Gasteiger partial charge in [0.1, 0.15) is 17.5 Å². The molecule has 25 heavy (non-hydrogen) atoms. The molecule has 0 saturated carbocycles. The molecule has 0 unspecified atom stereocenters. The van der Waals surface area contributed by atoms with Gasteiger partial charge in [-0.2, -0.15) is 0 Å². The summed E-state index contributed by atoms with van der Waals surface area (Å²) in [6.45, 7) is 4.89. The van der Waals surface area contributed by atoms with Gasteiger partial charge in [-0.05, 0) is 36.6 Å². The van der Waals surface area contributed by atoms with E-state index in [2.05, 4.69) is 82.7 Å². The summed E-state index contributed by atoms with van der Waals surface area (Å²) in [6, 6.07) is 20.8. The molecule has 4 nitrogen and oxygen atoms in total. The molecule has 3 aromatic rings. The van der Waals surface area contributed by atoms with Crippen molar-refractivity contribution in [1.29, 1.82) is 0 Å². The average Bonchev–Trinajstić information content (AvgIpc) is 2.63. The molecular weight excluding hydrogens is 308 g/mol. The third kappa shape index (κ3) is 4.57. The maximum Gasteiger partial charge on any atom is 0.136 e. The monoisotopic (exact) mass is 332 g/mol. The molecule has 128 valence electrons. The van der Waals surface area contributed by atoms with Gasteiger partial charge in [0.15, 0.2) is 0 Å². The fourth-order valence-electron chi connectivity index (χ4n) is 2.72. The van der Waals surface area contributed by atoms with E-state index in [1.54, 1.807) is 0 Å². The van der Waals surface area contributed by atoms with E-state index in [4.69, 9.17) is 0 Å². The second-order valence-corrected chi connectivity index (χ2v) is 6.18. The summed E-state index contributed by atoms with van der Waals surface area (Å²) >= 11 is 0. The number of rotatable bonds is 6. The van der Waals surface area contributed by atoms with Gasteiger partial charge in [-0.1, -0.05) is 49.4 Å². The van der Waals surface area contributed by atoms with Gasteiger partial charge in [-0.15, -0.1) is 0 Å². The summed E-state index contributed by atoms with van der Waals surface area (Å²) in [5.74, 6) is 2.47. The largest absolute Gasteiger partial charge is 0.355 e. The molecule has 4 heteroatoms. The Balaban J connectivity index is 1.77. The van der Waals surface area contributed by atoms with Gasteiger partial charge in [-0.3, -0.25) is 0 Å².